The lowest BCUT2D eigenvalue weighted by Gasteiger charge is -2.15. The molecule has 0 aliphatic carbocycles. The van der Waals surface area contributed by atoms with Crippen molar-refractivity contribution in [2.45, 2.75) is 25.8 Å². The van der Waals surface area contributed by atoms with E-state index in [4.69, 9.17) is 5.73 Å². The van der Waals surface area contributed by atoms with Gasteiger partial charge in [0.2, 0.25) is 0 Å². The lowest BCUT2D eigenvalue weighted by molar-refractivity contribution is 0.485. The van der Waals surface area contributed by atoms with Gasteiger partial charge in [-0.15, -0.1) is 3.89 Å². The molecule has 0 aliphatic heterocycles. The van der Waals surface area contributed by atoms with Crippen molar-refractivity contribution in [3.63, 3.8) is 0 Å². The predicted molar refractivity (Wildman–Crippen MR) is 37.8 cm³/mol. The minimum Gasteiger partial charge on any atom is -0.326 e. The van der Waals surface area contributed by atoms with Gasteiger partial charge in [0.05, 0.1) is 5.75 Å². The number of hydrogen-bond donors (Lipinski definition) is 1. The van der Waals surface area contributed by atoms with Gasteiger partial charge < -0.3 is 5.73 Å². The van der Waals surface area contributed by atoms with E-state index in [0.29, 0.717) is 0 Å². The summed E-state index contributed by atoms with van der Waals surface area (Å²) in [5.74, 6) is -0.490. The quantitative estimate of drug-likeness (QED) is 0.622. The molecule has 3 nitrogen and oxygen atoms in total. The molecule has 0 saturated heterocycles. The van der Waals surface area contributed by atoms with Crippen molar-refractivity contribution >= 4 is 10.2 Å². The highest BCUT2D eigenvalue weighted by molar-refractivity contribution is 7.86. The van der Waals surface area contributed by atoms with Crippen molar-refractivity contribution in [2.75, 3.05) is 5.75 Å². The third kappa shape index (κ3) is 7.84. The van der Waals surface area contributed by atoms with Crippen molar-refractivity contribution in [2.24, 2.45) is 5.73 Å². The number of halogens is 1. The Morgan fingerprint density at radius 1 is 1.50 bits per heavy atom. The van der Waals surface area contributed by atoms with Crippen molar-refractivity contribution in [1.82, 2.24) is 0 Å². The zero-order valence-corrected chi connectivity index (χ0v) is 6.91. The van der Waals surface area contributed by atoms with E-state index >= 15 is 0 Å². The second-order valence-corrected chi connectivity index (χ2v) is 4.47. The van der Waals surface area contributed by atoms with Crippen LogP contribution in [0.4, 0.5) is 3.89 Å². The summed E-state index contributed by atoms with van der Waals surface area (Å²) >= 11 is 0. The van der Waals surface area contributed by atoms with Crippen LogP contribution in [0.1, 0.15) is 20.3 Å². The van der Waals surface area contributed by atoms with Crippen LogP contribution in [0.5, 0.6) is 0 Å². The standard InChI is InChI=1S/C5H12FNO2S/c1-5(2,7)3-4-10(6,8)9/h3-4,7H2,1-2H3. The Labute approximate surface area is 60.6 Å². The average Bonchev–Trinajstić information content (AvgIpc) is 1.57. The van der Waals surface area contributed by atoms with Crippen LogP contribution in [-0.4, -0.2) is 19.7 Å². The van der Waals surface area contributed by atoms with E-state index in [1.54, 1.807) is 13.8 Å². The smallest absolute Gasteiger partial charge is 0.302 e. The van der Waals surface area contributed by atoms with E-state index in [1.807, 2.05) is 0 Å². The van der Waals surface area contributed by atoms with Gasteiger partial charge in [0.15, 0.2) is 0 Å². The van der Waals surface area contributed by atoms with Gasteiger partial charge in [-0.25, -0.2) is 0 Å². The fourth-order valence-electron chi connectivity index (χ4n) is 0.385. The lowest BCUT2D eigenvalue weighted by Crippen LogP contribution is -2.33. The first-order chi connectivity index (χ1) is 4.21. The Morgan fingerprint density at radius 3 is 2.00 bits per heavy atom. The van der Waals surface area contributed by atoms with Gasteiger partial charge in [-0.3, -0.25) is 0 Å². The second-order valence-electron chi connectivity index (χ2n) is 2.98. The summed E-state index contributed by atoms with van der Waals surface area (Å²) in [6.07, 6.45) is 0.145. The van der Waals surface area contributed by atoms with Gasteiger partial charge >= 0.3 is 10.2 Å². The predicted octanol–water partition coefficient (Wildman–Crippen LogP) is 0.413. The van der Waals surface area contributed by atoms with E-state index in [2.05, 4.69) is 0 Å². The minimum absolute atomic E-state index is 0.145. The Hall–Kier alpha value is -0.160. The van der Waals surface area contributed by atoms with Crippen LogP contribution in [0.15, 0.2) is 0 Å². The fourth-order valence-corrected chi connectivity index (χ4v) is 1.15. The molecule has 5 heteroatoms. The molecule has 0 aliphatic rings. The highest BCUT2D eigenvalue weighted by Gasteiger charge is 2.15. The van der Waals surface area contributed by atoms with Crippen LogP contribution in [-0.2, 0) is 10.2 Å². The molecule has 10 heavy (non-hydrogen) atoms. The van der Waals surface area contributed by atoms with Gasteiger partial charge in [0, 0.05) is 5.54 Å². The van der Waals surface area contributed by atoms with Gasteiger partial charge in [-0.2, -0.15) is 8.42 Å². The van der Waals surface area contributed by atoms with Gasteiger partial charge in [-0.1, -0.05) is 0 Å². The molecule has 0 amide bonds. The molecule has 0 spiro atoms. The zero-order valence-electron chi connectivity index (χ0n) is 6.09. The molecule has 0 heterocycles. The Bertz CT molecular complexity index is 192. The Balaban J connectivity index is 3.79. The molecular weight excluding hydrogens is 157 g/mol. The molecule has 0 fully saturated rings. The average molecular weight is 169 g/mol. The van der Waals surface area contributed by atoms with Crippen LogP contribution < -0.4 is 5.73 Å². The van der Waals surface area contributed by atoms with Crippen molar-refractivity contribution in [1.29, 1.82) is 0 Å². The number of rotatable bonds is 3. The highest BCUT2D eigenvalue weighted by Crippen LogP contribution is 2.06. The summed E-state index contributed by atoms with van der Waals surface area (Å²) in [5, 5.41) is 0. The molecule has 0 unspecified atom stereocenters. The molecule has 0 saturated carbocycles. The molecule has 62 valence electrons. The number of nitrogens with two attached hydrogens (primary N) is 1. The summed E-state index contributed by atoms with van der Waals surface area (Å²) in [4.78, 5) is 0. The van der Waals surface area contributed by atoms with Crippen LogP contribution in [0, 0.1) is 0 Å². The highest BCUT2D eigenvalue weighted by atomic mass is 32.3. The maximum absolute atomic E-state index is 11.8. The van der Waals surface area contributed by atoms with E-state index in [-0.39, 0.29) is 6.42 Å². The molecule has 2 N–H and O–H groups in total. The van der Waals surface area contributed by atoms with Crippen molar-refractivity contribution < 1.29 is 12.3 Å². The molecular formula is C5H12FNO2S. The van der Waals surface area contributed by atoms with Crippen LogP contribution in [0.25, 0.3) is 0 Å². The molecule has 0 aromatic heterocycles. The Morgan fingerprint density at radius 2 is 1.90 bits per heavy atom. The summed E-state index contributed by atoms with van der Waals surface area (Å²) in [5.41, 5.74) is 4.80. The normalized spacial score (nSPS) is 13.6. The first-order valence-corrected chi connectivity index (χ1v) is 4.47. The van der Waals surface area contributed by atoms with Crippen LogP contribution >= 0.6 is 0 Å². The Kier molecular flexibility index (Phi) is 2.79. The van der Waals surface area contributed by atoms with E-state index in [0.717, 1.165) is 0 Å². The van der Waals surface area contributed by atoms with Crippen LogP contribution in [0.2, 0.25) is 0 Å². The molecule has 0 radical (unpaired) electrons. The monoisotopic (exact) mass is 169 g/mol. The van der Waals surface area contributed by atoms with Crippen LogP contribution in [0.3, 0.4) is 0 Å². The molecule has 0 aromatic carbocycles. The summed E-state index contributed by atoms with van der Waals surface area (Å²) in [6.45, 7) is 3.30. The zero-order chi connectivity index (χ0) is 8.41. The first-order valence-electron chi connectivity index (χ1n) is 2.92. The lowest BCUT2D eigenvalue weighted by atomic mass is 10.0. The largest absolute Gasteiger partial charge is 0.326 e. The van der Waals surface area contributed by atoms with Crippen molar-refractivity contribution in [3.8, 4) is 0 Å². The molecule has 0 atom stereocenters. The van der Waals surface area contributed by atoms with Gasteiger partial charge in [0.25, 0.3) is 0 Å². The minimum atomic E-state index is -4.34. The third-order valence-corrected chi connectivity index (χ3v) is 1.68. The second kappa shape index (κ2) is 2.84. The molecule has 0 aromatic rings. The SMILES string of the molecule is CC(C)(N)CCS(=O)(=O)F. The van der Waals surface area contributed by atoms with E-state index in [1.165, 1.54) is 0 Å². The third-order valence-electron chi connectivity index (χ3n) is 0.990. The first kappa shape index (κ1) is 9.84. The van der Waals surface area contributed by atoms with Gasteiger partial charge in [0.1, 0.15) is 0 Å². The fraction of sp³-hybridized carbons (Fsp3) is 1.00. The van der Waals surface area contributed by atoms with E-state index in [9.17, 15) is 12.3 Å². The summed E-state index contributed by atoms with van der Waals surface area (Å²) < 4.78 is 31.7. The van der Waals surface area contributed by atoms with E-state index < -0.39 is 21.5 Å². The summed E-state index contributed by atoms with van der Waals surface area (Å²) in [6, 6.07) is 0. The maximum atomic E-state index is 11.8. The maximum Gasteiger partial charge on any atom is 0.302 e. The van der Waals surface area contributed by atoms with Gasteiger partial charge in [-0.05, 0) is 20.3 Å². The van der Waals surface area contributed by atoms with Crippen molar-refractivity contribution in [3.05, 3.63) is 0 Å². The molecule has 0 rings (SSSR count). The topological polar surface area (TPSA) is 60.2 Å². The summed E-state index contributed by atoms with van der Waals surface area (Å²) in [7, 11) is -4.34. The number of hydrogen-bond acceptors (Lipinski definition) is 3. The molecule has 0 bridgehead atoms.